The van der Waals surface area contributed by atoms with Crippen LogP contribution < -0.4 is 0 Å². The molecule has 78 valence electrons. The Morgan fingerprint density at radius 1 is 1.21 bits per heavy atom. The molecule has 0 heterocycles. The summed E-state index contributed by atoms with van der Waals surface area (Å²) in [5.74, 6) is 1.14. The van der Waals surface area contributed by atoms with E-state index in [-0.39, 0.29) is 0 Å². The van der Waals surface area contributed by atoms with Gasteiger partial charge in [-0.15, -0.1) is 11.8 Å². The average molecular weight is 209 g/mol. The van der Waals surface area contributed by atoms with Gasteiger partial charge < -0.3 is 4.90 Å². The maximum Gasteiger partial charge on any atom is 0.0313 e. The molecule has 14 heavy (non-hydrogen) atoms. The molecule has 0 aliphatic rings. The topological polar surface area (TPSA) is 3.24 Å². The molecule has 0 saturated carbocycles. The molecule has 0 bridgehead atoms. The normalized spacial score (nSPS) is 13.2. The van der Waals surface area contributed by atoms with Crippen LogP contribution in [-0.2, 0) is 0 Å². The summed E-state index contributed by atoms with van der Waals surface area (Å²) in [5.41, 5.74) is 1.38. The second-order valence-corrected chi connectivity index (χ2v) is 4.98. The minimum absolute atomic E-state index is 0.496. The molecule has 1 nitrogen and oxygen atoms in total. The van der Waals surface area contributed by atoms with E-state index in [2.05, 4.69) is 57.1 Å². The zero-order chi connectivity index (χ0) is 10.6. The molecule has 1 rings (SSSR count). The van der Waals surface area contributed by atoms with Crippen molar-refractivity contribution in [2.75, 3.05) is 19.8 Å². The van der Waals surface area contributed by atoms with E-state index in [0.717, 1.165) is 5.75 Å². The summed E-state index contributed by atoms with van der Waals surface area (Å²) in [4.78, 5) is 3.59. The summed E-state index contributed by atoms with van der Waals surface area (Å²) in [5, 5.41) is 0. The molecule has 0 saturated heterocycles. The number of benzene rings is 1. The highest BCUT2D eigenvalue weighted by atomic mass is 32.2. The fourth-order valence-electron chi connectivity index (χ4n) is 1.31. The van der Waals surface area contributed by atoms with Gasteiger partial charge in [-0.05, 0) is 44.5 Å². The lowest BCUT2D eigenvalue weighted by atomic mass is 10.1. The van der Waals surface area contributed by atoms with Crippen LogP contribution in [0.1, 0.15) is 25.5 Å². The lowest BCUT2D eigenvalue weighted by Gasteiger charge is -2.20. The van der Waals surface area contributed by atoms with Gasteiger partial charge in [0.25, 0.3) is 0 Å². The molecule has 1 atom stereocenters. The van der Waals surface area contributed by atoms with E-state index >= 15 is 0 Å². The van der Waals surface area contributed by atoms with Crippen molar-refractivity contribution in [3.63, 3.8) is 0 Å². The lowest BCUT2D eigenvalue weighted by Crippen LogP contribution is -2.16. The number of hydrogen-bond acceptors (Lipinski definition) is 2. The van der Waals surface area contributed by atoms with E-state index in [4.69, 9.17) is 0 Å². The number of nitrogens with zero attached hydrogens (tertiary/aromatic N) is 1. The van der Waals surface area contributed by atoms with Crippen LogP contribution in [0.15, 0.2) is 29.2 Å². The van der Waals surface area contributed by atoms with Crippen molar-refractivity contribution >= 4 is 11.8 Å². The van der Waals surface area contributed by atoms with Crippen molar-refractivity contribution in [1.82, 2.24) is 4.90 Å². The van der Waals surface area contributed by atoms with E-state index in [1.165, 1.54) is 10.5 Å². The van der Waals surface area contributed by atoms with E-state index in [9.17, 15) is 0 Å². The van der Waals surface area contributed by atoms with Crippen LogP contribution >= 0.6 is 11.8 Å². The summed E-state index contributed by atoms with van der Waals surface area (Å²) in [6.45, 7) is 4.41. The molecule has 1 unspecified atom stereocenters. The highest BCUT2D eigenvalue weighted by molar-refractivity contribution is 7.99. The average Bonchev–Trinajstić information content (AvgIpc) is 2.18. The van der Waals surface area contributed by atoms with Crippen molar-refractivity contribution in [2.45, 2.75) is 24.8 Å². The smallest absolute Gasteiger partial charge is 0.0313 e. The maximum absolute atomic E-state index is 2.22. The molecule has 0 radical (unpaired) electrons. The van der Waals surface area contributed by atoms with Gasteiger partial charge in [-0.2, -0.15) is 0 Å². The third-order valence-corrected chi connectivity index (χ3v) is 3.34. The fraction of sp³-hybridized carbons (Fsp3) is 0.500. The Morgan fingerprint density at radius 2 is 1.79 bits per heavy atom. The van der Waals surface area contributed by atoms with Crippen LogP contribution in [0.25, 0.3) is 0 Å². The first-order chi connectivity index (χ1) is 6.65. The zero-order valence-electron chi connectivity index (χ0n) is 9.45. The Kier molecular flexibility index (Phi) is 4.49. The summed E-state index contributed by atoms with van der Waals surface area (Å²) in [6.07, 6.45) is 0. The minimum atomic E-state index is 0.496. The van der Waals surface area contributed by atoms with Gasteiger partial charge in [-0.1, -0.05) is 19.1 Å². The predicted octanol–water partition coefficient (Wildman–Crippen LogP) is 3.42. The molecule has 0 aliphatic carbocycles. The van der Waals surface area contributed by atoms with Crippen molar-refractivity contribution in [2.24, 2.45) is 0 Å². The van der Waals surface area contributed by atoms with Crippen LogP contribution in [0.3, 0.4) is 0 Å². The van der Waals surface area contributed by atoms with Gasteiger partial charge in [0, 0.05) is 10.9 Å². The lowest BCUT2D eigenvalue weighted by molar-refractivity contribution is 0.321. The minimum Gasteiger partial charge on any atom is -0.303 e. The number of rotatable bonds is 4. The quantitative estimate of drug-likeness (QED) is 0.699. The van der Waals surface area contributed by atoms with Gasteiger partial charge in [-0.25, -0.2) is 0 Å². The SMILES string of the molecule is CCSc1ccc(C(C)N(C)C)cc1. The zero-order valence-corrected chi connectivity index (χ0v) is 10.3. The van der Waals surface area contributed by atoms with Crippen LogP contribution in [0.4, 0.5) is 0 Å². The summed E-state index contributed by atoms with van der Waals surface area (Å²) < 4.78 is 0. The van der Waals surface area contributed by atoms with Gasteiger partial charge in [0.1, 0.15) is 0 Å². The van der Waals surface area contributed by atoms with Gasteiger partial charge >= 0.3 is 0 Å². The molecule has 0 N–H and O–H groups in total. The van der Waals surface area contributed by atoms with Crippen molar-refractivity contribution in [3.8, 4) is 0 Å². The first-order valence-corrected chi connectivity index (χ1v) is 6.03. The van der Waals surface area contributed by atoms with Crippen molar-refractivity contribution in [1.29, 1.82) is 0 Å². The highest BCUT2D eigenvalue weighted by Gasteiger charge is 2.06. The molecule has 0 spiro atoms. The van der Waals surface area contributed by atoms with Crippen LogP contribution in [0, 0.1) is 0 Å². The Morgan fingerprint density at radius 3 is 2.21 bits per heavy atom. The molecule has 0 aliphatic heterocycles. The van der Waals surface area contributed by atoms with Crippen molar-refractivity contribution in [3.05, 3.63) is 29.8 Å². The molecule has 1 aromatic rings. The van der Waals surface area contributed by atoms with E-state index in [1.807, 2.05) is 11.8 Å². The van der Waals surface area contributed by atoms with Crippen LogP contribution in [-0.4, -0.2) is 24.7 Å². The third-order valence-electron chi connectivity index (χ3n) is 2.45. The number of hydrogen-bond donors (Lipinski definition) is 0. The molecular weight excluding hydrogens is 190 g/mol. The van der Waals surface area contributed by atoms with Crippen molar-refractivity contribution < 1.29 is 0 Å². The Bertz CT molecular complexity index is 266. The first kappa shape index (κ1) is 11.6. The second kappa shape index (κ2) is 5.42. The summed E-state index contributed by atoms with van der Waals surface area (Å²) in [6, 6.07) is 9.37. The first-order valence-electron chi connectivity index (χ1n) is 5.04. The Labute approximate surface area is 91.5 Å². The monoisotopic (exact) mass is 209 g/mol. The highest BCUT2D eigenvalue weighted by Crippen LogP contribution is 2.22. The fourth-order valence-corrected chi connectivity index (χ4v) is 1.97. The predicted molar refractivity (Wildman–Crippen MR) is 64.9 cm³/mol. The van der Waals surface area contributed by atoms with E-state index < -0.39 is 0 Å². The maximum atomic E-state index is 2.22. The van der Waals surface area contributed by atoms with Crippen LogP contribution in [0.2, 0.25) is 0 Å². The Balaban J connectivity index is 2.72. The van der Waals surface area contributed by atoms with Gasteiger partial charge in [0.2, 0.25) is 0 Å². The summed E-state index contributed by atoms with van der Waals surface area (Å²) in [7, 11) is 4.22. The van der Waals surface area contributed by atoms with Crippen LogP contribution in [0.5, 0.6) is 0 Å². The standard InChI is InChI=1S/C12H19NS/c1-5-14-12-8-6-11(7-9-12)10(2)13(3)4/h6-10H,5H2,1-4H3. The molecule has 1 aromatic carbocycles. The molecule has 0 amide bonds. The second-order valence-electron chi connectivity index (χ2n) is 3.64. The largest absolute Gasteiger partial charge is 0.303 e. The third kappa shape index (κ3) is 3.03. The summed E-state index contributed by atoms with van der Waals surface area (Å²) >= 11 is 1.89. The number of thioether (sulfide) groups is 1. The van der Waals surface area contributed by atoms with Gasteiger partial charge in [0.05, 0.1) is 0 Å². The molecular formula is C12H19NS. The molecule has 0 aromatic heterocycles. The molecule has 2 heteroatoms. The van der Waals surface area contributed by atoms with Gasteiger partial charge in [0.15, 0.2) is 0 Å². The molecule has 0 fully saturated rings. The Hall–Kier alpha value is -0.470. The van der Waals surface area contributed by atoms with E-state index in [0.29, 0.717) is 6.04 Å². The van der Waals surface area contributed by atoms with Gasteiger partial charge in [-0.3, -0.25) is 0 Å². The van der Waals surface area contributed by atoms with E-state index in [1.54, 1.807) is 0 Å².